The van der Waals surface area contributed by atoms with Gasteiger partial charge >= 0.3 is 0 Å². The van der Waals surface area contributed by atoms with Crippen LogP contribution in [0.3, 0.4) is 0 Å². The van der Waals surface area contributed by atoms with Crippen LogP contribution >= 0.6 is 0 Å². The standard InChI is InChI=1S/C11H21N3/c1-5-11(2,3)12-8-6-10-7-9-13-14(10)4/h7,9,12H,5-6,8H2,1-4H3. The molecule has 0 spiro atoms. The van der Waals surface area contributed by atoms with Gasteiger partial charge in [-0.05, 0) is 26.3 Å². The van der Waals surface area contributed by atoms with Crippen LogP contribution in [0.2, 0.25) is 0 Å². The molecular formula is C11H21N3. The van der Waals surface area contributed by atoms with E-state index in [0.717, 1.165) is 19.4 Å². The van der Waals surface area contributed by atoms with Crippen molar-refractivity contribution in [2.45, 2.75) is 39.2 Å². The fourth-order valence-electron chi connectivity index (χ4n) is 1.30. The molecule has 0 aliphatic carbocycles. The lowest BCUT2D eigenvalue weighted by Crippen LogP contribution is -2.39. The van der Waals surface area contributed by atoms with Crippen molar-refractivity contribution in [3.8, 4) is 0 Å². The number of hydrogen-bond donors (Lipinski definition) is 1. The highest BCUT2D eigenvalue weighted by atomic mass is 15.3. The van der Waals surface area contributed by atoms with Gasteiger partial charge in [0.2, 0.25) is 0 Å². The van der Waals surface area contributed by atoms with E-state index in [-0.39, 0.29) is 5.54 Å². The number of hydrogen-bond acceptors (Lipinski definition) is 2. The van der Waals surface area contributed by atoms with Gasteiger partial charge in [0.25, 0.3) is 0 Å². The normalized spacial score (nSPS) is 12.0. The molecule has 0 saturated heterocycles. The molecule has 0 aromatic carbocycles. The van der Waals surface area contributed by atoms with Crippen molar-refractivity contribution in [2.75, 3.05) is 6.54 Å². The van der Waals surface area contributed by atoms with Gasteiger partial charge in [-0.15, -0.1) is 0 Å². The molecule has 0 radical (unpaired) electrons. The summed E-state index contributed by atoms with van der Waals surface area (Å²) in [5.74, 6) is 0. The van der Waals surface area contributed by atoms with Crippen LogP contribution in [0.25, 0.3) is 0 Å². The Bertz CT molecular complexity index is 276. The first-order valence-electron chi connectivity index (χ1n) is 5.27. The topological polar surface area (TPSA) is 29.9 Å². The van der Waals surface area contributed by atoms with Crippen LogP contribution in [0.1, 0.15) is 32.9 Å². The predicted molar refractivity (Wildman–Crippen MR) is 59.3 cm³/mol. The summed E-state index contributed by atoms with van der Waals surface area (Å²) in [5, 5.41) is 7.67. The number of aryl methyl sites for hydroxylation is 1. The number of nitrogens with zero attached hydrogens (tertiary/aromatic N) is 2. The molecule has 0 aliphatic rings. The Morgan fingerprint density at radius 3 is 2.71 bits per heavy atom. The Balaban J connectivity index is 2.32. The molecule has 3 nitrogen and oxygen atoms in total. The Labute approximate surface area is 86.5 Å². The van der Waals surface area contributed by atoms with Gasteiger partial charge in [0.1, 0.15) is 0 Å². The second kappa shape index (κ2) is 4.60. The first-order chi connectivity index (χ1) is 6.55. The SMILES string of the molecule is CCC(C)(C)NCCc1ccnn1C. The van der Waals surface area contributed by atoms with E-state index in [2.05, 4.69) is 37.3 Å². The van der Waals surface area contributed by atoms with E-state index in [4.69, 9.17) is 0 Å². The van der Waals surface area contributed by atoms with Crippen molar-refractivity contribution >= 4 is 0 Å². The third-order valence-corrected chi connectivity index (χ3v) is 2.79. The number of rotatable bonds is 5. The van der Waals surface area contributed by atoms with Crippen LogP contribution in [-0.2, 0) is 13.5 Å². The zero-order chi connectivity index (χ0) is 10.6. The Hall–Kier alpha value is -0.830. The summed E-state index contributed by atoms with van der Waals surface area (Å²) < 4.78 is 1.93. The molecule has 1 heterocycles. The monoisotopic (exact) mass is 195 g/mol. The average Bonchev–Trinajstić information content (AvgIpc) is 2.52. The first-order valence-corrected chi connectivity index (χ1v) is 5.27. The summed E-state index contributed by atoms with van der Waals surface area (Å²) in [5.41, 5.74) is 1.53. The maximum absolute atomic E-state index is 4.14. The van der Waals surface area contributed by atoms with Gasteiger partial charge in [0, 0.05) is 37.4 Å². The van der Waals surface area contributed by atoms with E-state index in [1.807, 2.05) is 17.9 Å². The molecule has 0 amide bonds. The number of nitrogens with one attached hydrogen (secondary N) is 1. The van der Waals surface area contributed by atoms with Crippen LogP contribution in [0.5, 0.6) is 0 Å². The van der Waals surface area contributed by atoms with Crippen LogP contribution in [0, 0.1) is 0 Å². The lowest BCUT2D eigenvalue weighted by molar-refractivity contribution is 0.378. The van der Waals surface area contributed by atoms with E-state index in [9.17, 15) is 0 Å². The van der Waals surface area contributed by atoms with Crippen molar-refractivity contribution in [1.29, 1.82) is 0 Å². The van der Waals surface area contributed by atoms with Crippen LogP contribution < -0.4 is 5.32 Å². The Morgan fingerprint density at radius 1 is 1.50 bits per heavy atom. The van der Waals surface area contributed by atoms with Crippen molar-refractivity contribution in [2.24, 2.45) is 7.05 Å². The van der Waals surface area contributed by atoms with Gasteiger partial charge in [-0.3, -0.25) is 4.68 Å². The van der Waals surface area contributed by atoms with E-state index >= 15 is 0 Å². The molecule has 0 atom stereocenters. The molecule has 14 heavy (non-hydrogen) atoms. The average molecular weight is 195 g/mol. The largest absolute Gasteiger partial charge is 0.311 e. The summed E-state index contributed by atoms with van der Waals surface area (Å²) in [4.78, 5) is 0. The Kier molecular flexibility index (Phi) is 3.69. The lowest BCUT2D eigenvalue weighted by Gasteiger charge is -2.24. The smallest absolute Gasteiger partial charge is 0.0492 e. The summed E-state index contributed by atoms with van der Waals surface area (Å²) in [6, 6.07) is 2.07. The third kappa shape index (κ3) is 3.14. The highest BCUT2D eigenvalue weighted by Gasteiger charge is 2.12. The minimum Gasteiger partial charge on any atom is -0.311 e. The van der Waals surface area contributed by atoms with E-state index in [0.29, 0.717) is 0 Å². The van der Waals surface area contributed by atoms with Gasteiger partial charge < -0.3 is 5.32 Å². The van der Waals surface area contributed by atoms with Gasteiger partial charge in [-0.2, -0.15) is 5.10 Å². The van der Waals surface area contributed by atoms with Gasteiger partial charge in [0.05, 0.1) is 0 Å². The minimum absolute atomic E-state index is 0.249. The second-order valence-electron chi connectivity index (χ2n) is 4.36. The summed E-state index contributed by atoms with van der Waals surface area (Å²) in [6.45, 7) is 7.68. The van der Waals surface area contributed by atoms with Gasteiger partial charge in [-0.25, -0.2) is 0 Å². The molecule has 1 N–H and O–H groups in total. The molecule has 0 unspecified atom stereocenters. The maximum Gasteiger partial charge on any atom is 0.0492 e. The summed E-state index contributed by atoms with van der Waals surface area (Å²) in [6.07, 6.45) is 4.04. The highest BCUT2D eigenvalue weighted by molar-refractivity contribution is 5.00. The third-order valence-electron chi connectivity index (χ3n) is 2.79. The van der Waals surface area contributed by atoms with Crippen LogP contribution in [0.4, 0.5) is 0 Å². The van der Waals surface area contributed by atoms with Crippen LogP contribution in [0.15, 0.2) is 12.3 Å². The van der Waals surface area contributed by atoms with Crippen molar-refractivity contribution in [3.05, 3.63) is 18.0 Å². The fraction of sp³-hybridized carbons (Fsp3) is 0.727. The first kappa shape index (κ1) is 11.2. The van der Waals surface area contributed by atoms with Gasteiger partial charge in [-0.1, -0.05) is 6.92 Å². The van der Waals surface area contributed by atoms with Crippen LogP contribution in [-0.4, -0.2) is 21.9 Å². The molecule has 1 aromatic heterocycles. The molecule has 3 heteroatoms. The molecule has 1 rings (SSSR count). The molecule has 0 fully saturated rings. The second-order valence-corrected chi connectivity index (χ2v) is 4.36. The van der Waals surface area contributed by atoms with Crippen molar-refractivity contribution in [1.82, 2.24) is 15.1 Å². The van der Waals surface area contributed by atoms with E-state index in [1.165, 1.54) is 5.69 Å². The van der Waals surface area contributed by atoms with Gasteiger partial charge in [0.15, 0.2) is 0 Å². The molecule has 0 saturated carbocycles. The zero-order valence-corrected chi connectivity index (χ0v) is 9.67. The van der Waals surface area contributed by atoms with E-state index in [1.54, 1.807) is 0 Å². The fourth-order valence-corrected chi connectivity index (χ4v) is 1.30. The molecular weight excluding hydrogens is 174 g/mol. The lowest BCUT2D eigenvalue weighted by atomic mass is 10.0. The molecule has 0 bridgehead atoms. The predicted octanol–water partition coefficient (Wildman–Crippen LogP) is 1.74. The molecule has 1 aromatic rings. The maximum atomic E-state index is 4.14. The minimum atomic E-state index is 0.249. The Morgan fingerprint density at radius 2 is 2.21 bits per heavy atom. The van der Waals surface area contributed by atoms with Crippen molar-refractivity contribution in [3.63, 3.8) is 0 Å². The number of aromatic nitrogens is 2. The van der Waals surface area contributed by atoms with Crippen molar-refractivity contribution < 1.29 is 0 Å². The molecule has 0 aliphatic heterocycles. The molecule has 80 valence electrons. The highest BCUT2D eigenvalue weighted by Crippen LogP contribution is 2.06. The quantitative estimate of drug-likeness (QED) is 0.775. The summed E-state index contributed by atoms with van der Waals surface area (Å²) >= 11 is 0. The van der Waals surface area contributed by atoms with E-state index < -0.39 is 0 Å². The summed E-state index contributed by atoms with van der Waals surface area (Å²) in [7, 11) is 1.99. The zero-order valence-electron chi connectivity index (χ0n) is 9.67.